The van der Waals surface area contributed by atoms with Gasteiger partial charge in [0.2, 0.25) is 5.95 Å². The Morgan fingerprint density at radius 1 is 1.29 bits per heavy atom. The first kappa shape index (κ1) is 12.2. The molecule has 2 rings (SSSR count). The summed E-state index contributed by atoms with van der Waals surface area (Å²) in [6.45, 7) is 8.60. The van der Waals surface area contributed by atoms with Gasteiger partial charge in [0.1, 0.15) is 0 Å². The number of thiophene rings is 1. The molecule has 2 aromatic heterocycles. The summed E-state index contributed by atoms with van der Waals surface area (Å²) >= 11 is 1.85. The van der Waals surface area contributed by atoms with Crippen LogP contribution in [0.5, 0.6) is 0 Å². The maximum atomic E-state index is 4.37. The van der Waals surface area contributed by atoms with E-state index in [0.29, 0.717) is 12.1 Å². The molecule has 0 aliphatic carbocycles. The molecule has 0 aromatic carbocycles. The van der Waals surface area contributed by atoms with Crippen LogP contribution in [0.4, 0.5) is 5.95 Å². The molecule has 0 spiro atoms. The molecule has 0 bridgehead atoms. The fourth-order valence-electron chi connectivity index (χ4n) is 1.81. The van der Waals surface area contributed by atoms with E-state index in [0.717, 1.165) is 5.95 Å². The Kier molecular flexibility index (Phi) is 3.52. The van der Waals surface area contributed by atoms with Crippen molar-refractivity contribution in [3.63, 3.8) is 0 Å². The maximum Gasteiger partial charge on any atom is 0.203 e. The van der Waals surface area contributed by atoms with E-state index in [2.05, 4.69) is 54.7 Å². The molecule has 0 aliphatic rings. The van der Waals surface area contributed by atoms with Gasteiger partial charge in [0, 0.05) is 28.2 Å². The van der Waals surface area contributed by atoms with Gasteiger partial charge in [-0.2, -0.15) is 0 Å². The minimum atomic E-state index is 0.331. The van der Waals surface area contributed by atoms with Crippen LogP contribution in [0.2, 0.25) is 0 Å². The molecular weight excluding hydrogens is 230 g/mol. The van der Waals surface area contributed by atoms with Gasteiger partial charge < -0.3 is 9.88 Å². The predicted molar refractivity (Wildman–Crippen MR) is 73.9 cm³/mol. The molecule has 3 nitrogen and oxygen atoms in total. The van der Waals surface area contributed by atoms with E-state index >= 15 is 0 Å². The van der Waals surface area contributed by atoms with Crippen molar-refractivity contribution in [3.05, 3.63) is 34.3 Å². The molecule has 1 atom stereocenters. The van der Waals surface area contributed by atoms with Crippen LogP contribution in [0.1, 0.15) is 36.6 Å². The van der Waals surface area contributed by atoms with Crippen LogP contribution in [-0.2, 0) is 0 Å². The van der Waals surface area contributed by atoms with Gasteiger partial charge in [-0.1, -0.05) is 0 Å². The van der Waals surface area contributed by atoms with Gasteiger partial charge in [-0.05, 0) is 39.8 Å². The van der Waals surface area contributed by atoms with E-state index in [1.165, 1.54) is 9.75 Å². The molecule has 4 heteroatoms. The Balaban J connectivity index is 2.24. The Morgan fingerprint density at radius 2 is 2.06 bits per heavy atom. The molecule has 0 radical (unpaired) electrons. The van der Waals surface area contributed by atoms with Gasteiger partial charge in [0.05, 0.1) is 6.04 Å². The zero-order valence-electron chi connectivity index (χ0n) is 10.8. The van der Waals surface area contributed by atoms with Crippen LogP contribution >= 0.6 is 11.3 Å². The monoisotopic (exact) mass is 249 g/mol. The van der Waals surface area contributed by atoms with Crippen molar-refractivity contribution in [2.75, 3.05) is 5.32 Å². The highest BCUT2D eigenvalue weighted by Gasteiger charge is 2.13. The normalized spacial score (nSPS) is 13.0. The molecule has 0 amide bonds. The highest BCUT2D eigenvalue weighted by Crippen LogP contribution is 2.27. The summed E-state index contributed by atoms with van der Waals surface area (Å²) in [4.78, 5) is 7.09. The SMILES string of the molecule is Cc1ccc(C(C)n2ccnc2NC(C)C)s1. The predicted octanol–water partition coefficient (Wildman–Crippen LogP) is 3.68. The molecule has 92 valence electrons. The third-order valence-corrected chi connectivity index (χ3v) is 3.85. The fraction of sp³-hybridized carbons (Fsp3) is 0.462. The zero-order chi connectivity index (χ0) is 12.4. The molecule has 1 unspecified atom stereocenters. The zero-order valence-corrected chi connectivity index (χ0v) is 11.6. The molecule has 0 aliphatic heterocycles. The minimum absolute atomic E-state index is 0.331. The highest BCUT2D eigenvalue weighted by molar-refractivity contribution is 7.12. The number of nitrogens with zero attached hydrogens (tertiary/aromatic N) is 2. The summed E-state index contributed by atoms with van der Waals surface area (Å²) in [6.07, 6.45) is 3.88. The molecule has 0 fully saturated rings. The van der Waals surface area contributed by atoms with Crippen LogP contribution < -0.4 is 5.32 Å². The average molecular weight is 249 g/mol. The van der Waals surface area contributed by atoms with Crippen molar-refractivity contribution < 1.29 is 0 Å². The number of rotatable bonds is 4. The second kappa shape index (κ2) is 4.92. The number of nitrogens with one attached hydrogen (secondary N) is 1. The second-order valence-electron chi connectivity index (χ2n) is 4.58. The van der Waals surface area contributed by atoms with Gasteiger partial charge in [-0.3, -0.25) is 0 Å². The van der Waals surface area contributed by atoms with E-state index in [4.69, 9.17) is 0 Å². The third kappa shape index (κ3) is 2.69. The Bertz CT molecular complexity index is 484. The van der Waals surface area contributed by atoms with Crippen molar-refractivity contribution >= 4 is 17.3 Å². The van der Waals surface area contributed by atoms with Gasteiger partial charge in [0.15, 0.2) is 0 Å². The third-order valence-electron chi connectivity index (χ3n) is 2.68. The van der Waals surface area contributed by atoms with Crippen molar-refractivity contribution in [3.8, 4) is 0 Å². The Morgan fingerprint density at radius 3 is 2.65 bits per heavy atom. The highest BCUT2D eigenvalue weighted by atomic mass is 32.1. The molecule has 0 saturated carbocycles. The lowest BCUT2D eigenvalue weighted by Crippen LogP contribution is -2.16. The first-order chi connectivity index (χ1) is 8.08. The van der Waals surface area contributed by atoms with Gasteiger partial charge in [-0.15, -0.1) is 11.3 Å². The van der Waals surface area contributed by atoms with Crippen LogP contribution in [0.25, 0.3) is 0 Å². The van der Waals surface area contributed by atoms with Gasteiger partial charge in [0.25, 0.3) is 0 Å². The second-order valence-corrected chi connectivity index (χ2v) is 5.90. The molecule has 2 heterocycles. The van der Waals surface area contributed by atoms with Crippen LogP contribution in [0.15, 0.2) is 24.5 Å². The van der Waals surface area contributed by atoms with Crippen LogP contribution in [0.3, 0.4) is 0 Å². The lowest BCUT2D eigenvalue weighted by Gasteiger charge is -2.17. The quantitative estimate of drug-likeness (QED) is 0.895. The molecule has 2 aromatic rings. The summed E-state index contributed by atoms with van der Waals surface area (Å²) in [5.41, 5.74) is 0. The summed E-state index contributed by atoms with van der Waals surface area (Å²) in [5, 5.41) is 3.37. The van der Waals surface area contributed by atoms with E-state index in [9.17, 15) is 0 Å². The van der Waals surface area contributed by atoms with Crippen molar-refractivity contribution in [1.29, 1.82) is 0 Å². The number of hydrogen-bond acceptors (Lipinski definition) is 3. The number of aryl methyl sites for hydroxylation is 1. The average Bonchev–Trinajstić information content (AvgIpc) is 2.85. The molecule has 1 N–H and O–H groups in total. The standard InChI is InChI=1S/C13H19N3S/c1-9(2)15-13-14-7-8-16(13)11(4)12-6-5-10(3)17-12/h5-9,11H,1-4H3,(H,14,15). The fourth-order valence-corrected chi connectivity index (χ4v) is 2.74. The van der Waals surface area contributed by atoms with Crippen molar-refractivity contribution in [1.82, 2.24) is 9.55 Å². The number of imidazole rings is 1. The van der Waals surface area contributed by atoms with Crippen molar-refractivity contribution in [2.45, 2.75) is 39.8 Å². The van der Waals surface area contributed by atoms with Crippen LogP contribution in [-0.4, -0.2) is 15.6 Å². The van der Waals surface area contributed by atoms with Crippen molar-refractivity contribution in [2.24, 2.45) is 0 Å². The first-order valence-electron chi connectivity index (χ1n) is 5.93. The minimum Gasteiger partial charge on any atom is -0.353 e. The van der Waals surface area contributed by atoms with E-state index in [1.807, 2.05) is 23.7 Å². The summed E-state index contributed by atoms with van der Waals surface area (Å²) in [6, 6.07) is 5.10. The molecular formula is C13H19N3S. The molecule has 17 heavy (non-hydrogen) atoms. The Labute approximate surface area is 107 Å². The van der Waals surface area contributed by atoms with E-state index in [1.54, 1.807) is 0 Å². The van der Waals surface area contributed by atoms with Gasteiger partial charge >= 0.3 is 0 Å². The first-order valence-corrected chi connectivity index (χ1v) is 6.75. The van der Waals surface area contributed by atoms with E-state index in [-0.39, 0.29) is 0 Å². The van der Waals surface area contributed by atoms with E-state index < -0.39 is 0 Å². The lowest BCUT2D eigenvalue weighted by atomic mass is 10.2. The smallest absolute Gasteiger partial charge is 0.203 e. The largest absolute Gasteiger partial charge is 0.353 e. The Hall–Kier alpha value is -1.29. The number of hydrogen-bond donors (Lipinski definition) is 1. The van der Waals surface area contributed by atoms with Gasteiger partial charge in [-0.25, -0.2) is 4.98 Å². The topological polar surface area (TPSA) is 29.9 Å². The maximum absolute atomic E-state index is 4.37. The summed E-state index contributed by atoms with van der Waals surface area (Å²) < 4.78 is 2.19. The lowest BCUT2D eigenvalue weighted by molar-refractivity contribution is 0.649. The summed E-state index contributed by atoms with van der Waals surface area (Å²) in [5.74, 6) is 0.943. The number of aromatic nitrogens is 2. The number of anilines is 1. The van der Waals surface area contributed by atoms with Crippen LogP contribution in [0, 0.1) is 6.92 Å². The molecule has 0 saturated heterocycles. The summed E-state index contributed by atoms with van der Waals surface area (Å²) in [7, 11) is 0.